The molecule has 5 rings (SSSR count). The lowest BCUT2D eigenvalue weighted by Crippen LogP contribution is -2.53. The van der Waals surface area contributed by atoms with E-state index in [4.69, 9.17) is 28.0 Å². The third kappa shape index (κ3) is 4.78. The number of hydrogen-bond acceptors (Lipinski definition) is 4. The van der Waals surface area contributed by atoms with E-state index in [0.29, 0.717) is 33.4 Å². The molecule has 0 spiro atoms. The molecule has 2 saturated heterocycles. The molecule has 3 aliphatic heterocycles. The Hall–Kier alpha value is -1.72. The van der Waals surface area contributed by atoms with Crippen LogP contribution < -0.4 is 10.2 Å². The number of alkyl halides is 3. The Kier molecular flexibility index (Phi) is 6.87. The summed E-state index contributed by atoms with van der Waals surface area (Å²) < 4.78 is 56.3. The van der Waals surface area contributed by atoms with Gasteiger partial charge in [0.25, 0.3) is 5.91 Å². The van der Waals surface area contributed by atoms with E-state index in [1.54, 1.807) is 25.1 Å². The zero-order chi connectivity index (χ0) is 25.8. The van der Waals surface area contributed by atoms with Crippen LogP contribution in [0.5, 0.6) is 0 Å². The van der Waals surface area contributed by atoms with Crippen molar-refractivity contribution < 1.29 is 27.0 Å². The van der Waals surface area contributed by atoms with Gasteiger partial charge in [0.15, 0.2) is 0 Å². The molecule has 2 fully saturated rings. The molecular weight excluding hydrogens is 556 g/mol. The van der Waals surface area contributed by atoms with E-state index in [1.165, 1.54) is 18.2 Å². The largest absolute Gasteiger partial charge is 0.451 e. The first kappa shape index (κ1) is 25.9. The summed E-state index contributed by atoms with van der Waals surface area (Å²) in [5.74, 6) is 1.81. The van der Waals surface area contributed by atoms with Crippen molar-refractivity contribution in [3.05, 3.63) is 74.5 Å². The van der Waals surface area contributed by atoms with Crippen LogP contribution >= 0.6 is 33.4 Å². The number of carbonyl (C=O) groups is 1. The summed E-state index contributed by atoms with van der Waals surface area (Å²) in [5, 5.41) is 0.694. The predicted molar refractivity (Wildman–Crippen MR) is 139 cm³/mol. The summed E-state index contributed by atoms with van der Waals surface area (Å²) in [6.45, 7) is 1.75. The van der Waals surface area contributed by atoms with E-state index < -0.39 is 39.0 Å². The van der Waals surface area contributed by atoms with Crippen LogP contribution in [0.15, 0.2) is 42.2 Å². The molecule has 1 unspecified atom stereocenters. The number of rotatable bonds is 5. The van der Waals surface area contributed by atoms with Crippen molar-refractivity contribution in [2.45, 2.75) is 30.8 Å². The zero-order valence-electron chi connectivity index (χ0n) is 19.1. The third-order valence-electron chi connectivity index (χ3n) is 6.77. The van der Waals surface area contributed by atoms with Gasteiger partial charge >= 0.3 is 6.18 Å². The van der Waals surface area contributed by atoms with Crippen molar-refractivity contribution in [2.24, 2.45) is 0 Å². The molecule has 12 heteroatoms. The highest BCUT2D eigenvalue weighted by Crippen LogP contribution is 2.59. The van der Waals surface area contributed by atoms with E-state index in [9.17, 15) is 22.2 Å². The third-order valence-corrected chi connectivity index (χ3v) is 13.4. The van der Waals surface area contributed by atoms with Crippen molar-refractivity contribution >= 4 is 55.7 Å². The van der Waals surface area contributed by atoms with Crippen LogP contribution in [0.1, 0.15) is 39.5 Å². The molecule has 3 aliphatic rings. The summed E-state index contributed by atoms with van der Waals surface area (Å²) >= 11 is 12.1. The number of hydroxylamine groups is 1. The second kappa shape index (κ2) is 9.54. The smallest absolute Gasteiger partial charge is 0.402 e. The van der Waals surface area contributed by atoms with Crippen molar-refractivity contribution in [3.63, 3.8) is 0 Å². The first-order valence-corrected chi connectivity index (χ1v) is 15.5. The molecule has 0 aliphatic carbocycles. The van der Waals surface area contributed by atoms with Crippen molar-refractivity contribution in [3.8, 4) is 0 Å². The van der Waals surface area contributed by atoms with E-state index >= 15 is 0 Å². The van der Waals surface area contributed by atoms with Crippen molar-refractivity contribution in [2.75, 3.05) is 23.0 Å². The normalized spacial score (nSPS) is 26.0. The number of nitrogens with one attached hydrogen (secondary N) is 2. The molecule has 0 saturated carbocycles. The highest BCUT2D eigenvalue weighted by molar-refractivity contribution is 8.34. The van der Waals surface area contributed by atoms with E-state index in [1.807, 2.05) is 0 Å². The summed E-state index contributed by atoms with van der Waals surface area (Å²) in [6.07, 6.45) is -3.69. The summed E-state index contributed by atoms with van der Waals surface area (Å²) in [7, 11) is -2.11. The maximum atomic E-state index is 13.8. The van der Waals surface area contributed by atoms with E-state index in [0.717, 1.165) is 17.9 Å². The Morgan fingerprint density at radius 3 is 2.33 bits per heavy atom. The van der Waals surface area contributed by atoms with Gasteiger partial charge in [-0.3, -0.25) is 9.00 Å². The topological polar surface area (TPSA) is 67.4 Å². The van der Waals surface area contributed by atoms with Gasteiger partial charge in [0, 0.05) is 48.7 Å². The molecule has 1 atom stereocenters. The van der Waals surface area contributed by atoms with E-state index in [2.05, 4.69) is 10.2 Å². The Labute approximate surface area is 220 Å². The van der Waals surface area contributed by atoms with Gasteiger partial charge in [-0.25, -0.2) is 0 Å². The minimum atomic E-state index is -4.74. The number of hydrogen-bond donors (Lipinski definition) is 2. The Balaban J connectivity index is 1.44. The molecule has 36 heavy (non-hydrogen) atoms. The molecule has 2 N–H and O–H groups in total. The van der Waals surface area contributed by atoms with Gasteiger partial charge in [-0.05, 0) is 65.8 Å². The molecule has 194 valence electrons. The van der Waals surface area contributed by atoms with Crippen LogP contribution in [0.2, 0.25) is 10.0 Å². The number of amides is 1. The lowest BCUT2D eigenvalue weighted by atomic mass is 9.91. The van der Waals surface area contributed by atoms with Gasteiger partial charge in [0.2, 0.25) is 5.76 Å². The first-order chi connectivity index (χ1) is 17.0. The van der Waals surface area contributed by atoms with Crippen LogP contribution in [0.4, 0.5) is 13.2 Å². The monoisotopic (exact) mass is 578 g/mol. The van der Waals surface area contributed by atoms with Gasteiger partial charge in [0.05, 0.1) is 6.04 Å². The molecule has 0 bridgehead atoms. The fourth-order valence-electron chi connectivity index (χ4n) is 4.78. The molecular formula is C24H23Cl2F3N2O3S2. The minimum absolute atomic E-state index is 0.139. The highest BCUT2D eigenvalue weighted by atomic mass is 35.5. The standard InChI is InChI=1S/C24H23Cl2F3N2O3S2/c1-13-7-14(3-4-19(13)23(32)31-36(5-2-6-36)18-11-35(33)12-18)21-20(22(34-30-21)24(27,28)29)15-8-16(25)10-17(26)9-15/h3-4,7-10,18,21,30H,2,5-6,11-12H2,1H3,(H,31,32). The Bertz CT molecular complexity index is 1270. The number of allylic oxidation sites excluding steroid dienone is 1. The van der Waals surface area contributed by atoms with Gasteiger partial charge in [-0.15, -0.1) is 5.48 Å². The lowest BCUT2D eigenvalue weighted by molar-refractivity contribution is -0.136. The average Bonchev–Trinajstić information content (AvgIpc) is 3.19. The van der Waals surface area contributed by atoms with Crippen molar-refractivity contribution in [1.82, 2.24) is 10.2 Å². The number of halogens is 5. The quantitative estimate of drug-likeness (QED) is 0.468. The van der Waals surface area contributed by atoms with Gasteiger partial charge < -0.3 is 9.56 Å². The highest BCUT2D eigenvalue weighted by Gasteiger charge is 2.47. The zero-order valence-corrected chi connectivity index (χ0v) is 22.2. The SMILES string of the molecule is Cc1cc(C2NOC(C(F)(F)F)=C2c2cc(Cl)cc(Cl)c2)ccc1C(=O)NS1(C2CS(=O)C2)CCC1. The van der Waals surface area contributed by atoms with Crippen molar-refractivity contribution in [1.29, 1.82) is 0 Å². The molecule has 2 aromatic carbocycles. The number of aryl methyl sites for hydroxylation is 1. The summed E-state index contributed by atoms with van der Waals surface area (Å²) in [4.78, 5) is 18.1. The van der Waals surface area contributed by atoms with Gasteiger partial charge in [-0.2, -0.15) is 23.4 Å². The van der Waals surface area contributed by atoms with Crippen LogP contribution in [0.25, 0.3) is 5.57 Å². The fourth-order valence-corrected chi connectivity index (χ4v) is 11.5. The summed E-state index contributed by atoms with van der Waals surface area (Å²) in [6, 6.07) is 8.22. The number of benzene rings is 2. The molecule has 5 nitrogen and oxygen atoms in total. The van der Waals surface area contributed by atoms with Crippen LogP contribution in [-0.2, 0) is 15.6 Å². The molecule has 1 amide bonds. The maximum absolute atomic E-state index is 13.8. The fraction of sp³-hybridized carbons (Fsp3) is 0.375. The van der Waals surface area contributed by atoms with Gasteiger partial charge in [0.1, 0.15) is 0 Å². The Morgan fingerprint density at radius 2 is 1.81 bits per heavy atom. The number of carbonyl (C=O) groups excluding carboxylic acids is 1. The average molecular weight is 579 g/mol. The van der Waals surface area contributed by atoms with Crippen LogP contribution in [-0.4, -0.2) is 44.6 Å². The first-order valence-electron chi connectivity index (χ1n) is 11.2. The van der Waals surface area contributed by atoms with Crippen LogP contribution in [0.3, 0.4) is 0 Å². The molecule has 3 heterocycles. The van der Waals surface area contributed by atoms with Crippen LogP contribution in [0, 0.1) is 6.92 Å². The predicted octanol–water partition coefficient (Wildman–Crippen LogP) is 5.84. The maximum Gasteiger partial charge on any atom is 0.451 e. The molecule has 0 aromatic heterocycles. The lowest BCUT2D eigenvalue weighted by Gasteiger charge is -2.56. The van der Waals surface area contributed by atoms with E-state index in [-0.39, 0.29) is 27.1 Å². The molecule has 2 aromatic rings. The second-order valence-corrected chi connectivity index (χ2v) is 15.2. The minimum Gasteiger partial charge on any atom is -0.402 e. The Morgan fingerprint density at radius 1 is 1.14 bits per heavy atom. The van der Waals surface area contributed by atoms with Gasteiger partial charge in [-0.1, -0.05) is 35.3 Å². The second-order valence-electron chi connectivity index (χ2n) is 9.16. The summed E-state index contributed by atoms with van der Waals surface area (Å²) in [5.41, 5.74) is 4.11. The molecule has 0 radical (unpaired) electrons.